The highest BCUT2D eigenvalue weighted by Gasteiger charge is 2.21. The van der Waals surface area contributed by atoms with Crippen LogP contribution in [0.15, 0.2) is 17.0 Å². The van der Waals surface area contributed by atoms with E-state index < -0.39 is 9.05 Å². The summed E-state index contributed by atoms with van der Waals surface area (Å²) < 4.78 is 23.3. The summed E-state index contributed by atoms with van der Waals surface area (Å²) >= 11 is 0. The third-order valence-electron chi connectivity index (χ3n) is 3.32. The van der Waals surface area contributed by atoms with Crippen LogP contribution in [-0.4, -0.2) is 8.42 Å². The lowest BCUT2D eigenvalue weighted by molar-refractivity contribution is 0.608. The van der Waals surface area contributed by atoms with Crippen LogP contribution < -0.4 is 0 Å². The third-order valence-corrected chi connectivity index (χ3v) is 4.65. The standard InChI is InChI=1S/C15H23ClO2S/c1-9(2)13-7-12(19(16,17)18)8-14(10(3)4)15(13)11(5)6/h7-11H,1-6H3. The van der Waals surface area contributed by atoms with Crippen molar-refractivity contribution < 1.29 is 8.42 Å². The van der Waals surface area contributed by atoms with Gasteiger partial charge < -0.3 is 0 Å². The van der Waals surface area contributed by atoms with Gasteiger partial charge >= 0.3 is 0 Å². The first-order valence-electron chi connectivity index (χ1n) is 6.68. The van der Waals surface area contributed by atoms with E-state index in [1.165, 1.54) is 5.56 Å². The highest BCUT2D eigenvalue weighted by atomic mass is 35.7. The van der Waals surface area contributed by atoms with Crippen molar-refractivity contribution in [2.24, 2.45) is 0 Å². The van der Waals surface area contributed by atoms with Crippen LogP contribution in [0, 0.1) is 0 Å². The van der Waals surface area contributed by atoms with E-state index >= 15 is 0 Å². The minimum Gasteiger partial charge on any atom is -0.207 e. The fourth-order valence-electron chi connectivity index (χ4n) is 2.43. The summed E-state index contributed by atoms with van der Waals surface area (Å²) in [5, 5.41) is 0. The van der Waals surface area contributed by atoms with Gasteiger partial charge in [-0.3, -0.25) is 0 Å². The van der Waals surface area contributed by atoms with Gasteiger partial charge in [0.1, 0.15) is 0 Å². The van der Waals surface area contributed by atoms with Crippen LogP contribution in [-0.2, 0) is 9.05 Å². The molecule has 0 saturated heterocycles. The number of rotatable bonds is 4. The average Bonchev–Trinajstić information content (AvgIpc) is 2.25. The van der Waals surface area contributed by atoms with E-state index in [-0.39, 0.29) is 16.7 Å². The van der Waals surface area contributed by atoms with Crippen LogP contribution in [0.1, 0.15) is 76.0 Å². The monoisotopic (exact) mass is 302 g/mol. The van der Waals surface area contributed by atoms with E-state index in [0.717, 1.165) is 11.1 Å². The number of benzene rings is 1. The van der Waals surface area contributed by atoms with Crippen LogP contribution >= 0.6 is 10.7 Å². The molecular formula is C15H23ClO2S. The van der Waals surface area contributed by atoms with Gasteiger partial charge in [0.2, 0.25) is 0 Å². The molecular weight excluding hydrogens is 280 g/mol. The van der Waals surface area contributed by atoms with Crippen molar-refractivity contribution in [3.63, 3.8) is 0 Å². The lowest BCUT2D eigenvalue weighted by Crippen LogP contribution is -2.08. The zero-order chi connectivity index (χ0) is 15.0. The molecule has 1 aromatic rings. The van der Waals surface area contributed by atoms with Gasteiger partial charge in [-0.15, -0.1) is 0 Å². The predicted molar refractivity (Wildman–Crippen MR) is 81.7 cm³/mol. The summed E-state index contributed by atoms with van der Waals surface area (Å²) in [6.45, 7) is 12.6. The average molecular weight is 303 g/mol. The maximum Gasteiger partial charge on any atom is 0.261 e. The van der Waals surface area contributed by atoms with Crippen molar-refractivity contribution in [3.05, 3.63) is 28.8 Å². The Morgan fingerprint density at radius 3 is 1.42 bits per heavy atom. The van der Waals surface area contributed by atoms with Gasteiger partial charge in [0, 0.05) is 10.7 Å². The Hall–Kier alpha value is -0.540. The second-order valence-corrected chi connectivity index (χ2v) is 8.48. The van der Waals surface area contributed by atoms with Crippen LogP contribution in [0.4, 0.5) is 0 Å². The molecule has 0 fully saturated rings. The number of halogens is 1. The Bertz CT molecular complexity index is 529. The van der Waals surface area contributed by atoms with Crippen LogP contribution in [0.5, 0.6) is 0 Å². The molecule has 0 aromatic heterocycles. The highest BCUT2D eigenvalue weighted by Crippen LogP contribution is 2.36. The van der Waals surface area contributed by atoms with E-state index in [0.29, 0.717) is 5.92 Å². The summed E-state index contributed by atoms with van der Waals surface area (Å²) in [6, 6.07) is 3.46. The zero-order valence-corrected chi connectivity index (χ0v) is 14.1. The molecule has 0 unspecified atom stereocenters. The Labute approximate surface area is 121 Å². The lowest BCUT2D eigenvalue weighted by Gasteiger charge is -2.23. The molecule has 0 aliphatic heterocycles. The third kappa shape index (κ3) is 3.73. The molecule has 0 saturated carbocycles. The largest absolute Gasteiger partial charge is 0.261 e. The zero-order valence-electron chi connectivity index (χ0n) is 12.5. The molecule has 0 aliphatic rings. The van der Waals surface area contributed by atoms with E-state index in [9.17, 15) is 8.42 Å². The van der Waals surface area contributed by atoms with Crippen LogP contribution in [0.2, 0.25) is 0 Å². The topological polar surface area (TPSA) is 34.1 Å². The quantitative estimate of drug-likeness (QED) is 0.735. The van der Waals surface area contributed by atoms with Crippen LogP contribution in [0.3, 0.4) is 0 Å². The lowest BCUT2D eigenvalue weighted by atomic mass is 9.83. The molecule has 0 bridgehead atoms. The van der Waals surface area contributed by atoms with Gasteiger partial charge in [-0.05, 0) is 46.6 Å². The van der Waals surface area contributed by atoms with Crippen molar-refractivity contribution in [1.82, 2.24) is 0 Å². The minimum atomic E-state index is -3.69. The summed E-state index contributed by atoms with van der Waals surface area (Å²) in [5.41, 5.74) is 3.43. The molecule has 2 nitrogen and oxygen atoms in total. The van der Waals surface area contributed by atoms with Crippen molar-refractivity contribution in [1.29, 1.82) is 0 Å². The molecule has 0 heterocycles. The molecule has 0 amide bonds. The molecule has 0 aliphatic carbocycles. The molecule has 19 heavy (non-hydrogen) atoms. The Morgan fingerprint density at radius 2 is 1.21 bits per heavy atom. The molecule has 0 atom stereocenters. The molecule has 1 rings (SSSR count). The first kappa shape index (κ1) is 16.5. The fraction of sp³-hybridized carbons (Fsp3) is 0.600. The SMILES string of the molecule is CC(C)c1cc(S(=O)(=O)Cl)cc(C(C)C)c1C(C)C. The fourth-order valence-corrected chi connectivity index (χ4v) is 3.24. The summed E-state index contributed by atoms with van der Waals surface area (Å²) in [5.74, 6) is 0.906. The van der Waals surface area contributed by atoms with Gasteiger partial charge in [0.15, 0.2) is 0 Å². The van der Waals surface area contributed by atoms with Crippen molar-refractivity contribution >= 4 is 19.7 Å². The predicted octanol–water partition coefficient (Wildman–Crippen LogP) is 4.98. The van der Waals surface area contributed by atoms with Gasteiger partial charge in [0.05, 0.1) is 4.90 Å². The van der Waals surface area contributed by atoms with Crippen LogP contribution in [0.25, 0.3) is 0 Å². The Kier molecular flexibility index (Phi) is 5.08. The van der Waals surface area contributed by atoms with E-state index in [1.54, 1.807) is 12.1 Å². The van der Waals surface area contributed by atoms with Crippen molar-refractivity contribution in [3.8, 4) is 0 Å². The number of hydrogen-bond acceptors (Lipinski definition) is 2. The minimum absolute atomic E-state index is 0.214. The second kappa shape index (κ2) is 5.84. The van der Waals surface area contributed by atoms with Crippen molar-refractivity contribution in [2.75, 3.05) is 0 Å². The first-order valence-corrected chi connectivity index (χ1v) is 8.99. The Balaban J connectivity index is 3.73. The van der Waals surface area contributed by atoms with Gasteiger partial charge in [-0.2, -0.15) is 0 Å². The number of hydrogen-bond donors (Lipinski definition) is 0. The summed E-state index contributed by atoms with van der Waals surface area (Å²) in [6.07, 6.45) is 0. The molecule has 4 heteroatoms. The van der Waals surface area contributed by atoms with E-state index in [2.05, 4.69) is 41.5 Å². The molecule has 0 radical (unpaired) electrons. The van der Waals surface area contributed by atoms with Crippen molar-refractivity contribution in [2.45, 2.75) is 64.2 Å². The van der Waals surface area contributed by atoms with E-state index in [1.807, 2.05) is 0 Å². The van der Waals surface area contributed by atoms with Gasteiger partial charge in [0.25, 0.3) is 9.05 Å². The normalized spacial score (nSPS) is 12.7. The van der Waals surface area contributed by atoms with Gasteiger partial charge in [-0.25, -0.2) is 8.42 Å². The highest BCUT2D eigenvalue weighted by molar-refractivity contribution is 8.13. The molecule has 1 aromatic carbocycles. The molecule has 0 spiro atoms. The van der Waals surface area contributed by atoms with E-state index in [4.69, 9.17) is 10.7 Å². The maximum atomic E-state index is 11.6. The molecule has 108 valence electrons. The summed E-state index contributed by atoms with van der Waals surface area (Å²) in [4.78, 5) is 0.214. The Morgan fingerprint density at radius 1 is 0.842 bits per heavy atom. The summed E-state index contributed by atoms with van der Waals surface area (Å²) in [7, 11) is 1.83. The maximum absolute atomic E-state index is 11.6. The smallest absolute Gasteiger partial charge is 0.207 e. The molecule has 0 N–H and O–H groups in total. The second-order valence-electron chi connectivity index (χ2n) is 5.92. The van der Waals surface area contributed by atoms with Gasteiger partial charge in [-0.1, -0.05) is 41.5 Å². The first-order chi connectivity index (χ1) is 8.55.